The van der Waals surface area contributed by atoms with Crippen molar-refractivity contribution < 1.29 is 17.6 Å². The Morgan fingerprint density at radius 2 is 1.60 bits per heavy atom. The molecule has 30 heavy (non-hydrogen) atoms. The third-order valence-electron chi connectivity index (χ3n) is 5.31. The summed E-state index contributed by atoms with van der Waals surface area (Å²) in [5, 5.41) is 2.76. The van der Waals surface area contributed by atoms with Crippen molar-refractivity contribution in [2.75, 3.05) is 12.4 Å². The highest BCUT2D eigenvalue weighted by Crippen LogP contribution is 2.34. The Morgan fingerprint density at radius 3 is 2.30 bits per heavy atom. The van der Waals surface area contributed by atoms with Crippen LogP contribution in [0.1, 0.15) is 29.2 Å². The van der Waals surface area contributed by atoms with Gasteiger partial charge < -0.3 is 5.32 Å². The third kappa shape index (κ3) is 3.86. The predicted molar refractivity (Wildman–Crippen MR) is 113 cm³/mol. The van der Waals surface area contributed by atoms with E-state index >= 15 is 0 Å². The minimum absolute atomic E-state index is 0.0734. The molecule has 0 aromatic heterocycles. The van der Waals surface area contributed by atoms with Gasteiger partial charge in [0, 0.05) is 19.2 Å². The Balaban J connectivity index is 1.76. The van der Waals surface area contributed by atoms with E-state index in [2.05, 4.69) is 5.32 Å². The number of amides is 1. The lowest BCUT2D eigenvalue weighted by molar-refractivity contribution is -0.116. The normalized spacial score (nSPS) is 14.8. The number of hydrogen-bond donors (Lipinski definition) is 1. The smallest absolute Gasteiger partial charge is 0.243 e. The first-order valence-electron chi connectivity index (χ1n) is 9.57. The fraction of sp³-hybridized carbons (Fsp3) is 0.174. The van der Waals surface area contributed by atoms with Gasteiger partial charge in [-0.1, -0.05) is 42.5 Å². The molecule has 0 spiro atoms. The third-order valence-corrected chi connectivity index (χ3v) is 7.13. The summed E-state index contributed by atoms with van der Waals surface area (Å²) < 4.78 is 41.8. The summed E-state index contributed by atoms with van der Waals surface area (Å²) in [4.78, 5) is 11.7. The number of carbonyl (C=O) groups excluding carboxylic acids is 1. The summed E-state index contributed by atoms with van der Waals surface area (Å²) in [6.45, 7) is 0. The molecule has 0 saturated heterocycles. The van der Waals surface area contributed by atoms with Crippen LogP contribution in [0.4, 0.5) is 10.1 Å². The van der Waals surface area contributed by atoms with Crippen LogP contribution in [0.25, 0.3) is 0 Å². The zero-order valence-corrected chi connectivity index (χ0v) is 17.2. The van der Waals surface area contributed by atoms with Gasteiger partial charge in [-0.2, -0.15) is 4.31 Å². The van der Waals surface area contributed by atoms with Gasteiger partial charge in [-0.05, 0) is 53.4 Å². The molecule has 1 aliphatic rings. The largest absolute Gasteiger partial charge is 0.326 e. The lowest BCUT2D eigenvalue weighted by atomic mass is 9.99. The lowest BCUT2D eigenvalue weighted by Gasteiger charge is -2.29. The standard InChI is InChI=1S/C23H21FN2O3S/c1-26(23(16-5-3-2-4-6-16)17-7-10-19(24)11-8-17)30(28,29)20-12-13-21-18(15-20)9-14-22(27)25-21/h2-8,10-13,15,23H,9,14H2,1H3,(H,25,27). The number of hydrogen-bond acceptors (Lipinski definition) is 3. The average molecular weight is 424 g/mol. The van der Waals surface area contributed by atoms with Gasteiger partial charge >= 0.3 is 0 Å². The minimum atomic E-state index is -3.86. The minimum Gasteiger partial charge on any atom is -0.326 e. The Morgan fingerprint density at radius 1 is 0.933 bits per heavy atom. The molecule has 0 bridgehead atoms. The van der Waals surface area contributed by atoms with Gasteiger partial charge in [0.25, 0.3) is 0 Å². The molecule has 5 nitrogen and oxygen atoms in total. The van der Waals surface area contributed by atoms with Crippen LogP contribution in [0, 0.1) is 5.82 Å². The Bertz CT molecular complexity index is 1180. The molecule has 0 aliphatic carbocycles. The molecule has 0 saturated carbocycles. The van der Waals surface area contributed by atoms with Gasteiger partial charge in [0.05, 0.1) is 10.9 Å². The molecule has 1 amide bonds. The van der Waals surface area contributed by atoms with E-state index in [1.54, 1.807) is 24.3 Å². The maximum Gasteiger partial charge on any atom is 0.243 e. The lowest BCUT2D eigenvalue weighted by Crippen LogP contribution is -2.32. The van der Waals surface area contributed by atoms with Crippen LogP contribution < -0.4 is 5.32 Å². The van der Waals surface area contributed by atoms with E-state index in [1.165, 1.54) is 29.6 Å². The molecular weight excluding hydrogens is 403 g/mol. The monoisotopic (exact) mass is 424 g/mol. The zero-order chi connectivity index (χ0) is 21.3. The average Bonchev–Trinajstić information content (AvgIpc) is 2.75. The van der Waals surface area contributed by atoms with Crippen LogP contribution in [0.2, 0.25) is 0 Å². The molecule has 1 aliphatic heterocycles. The van der Waals surface area contributed by atoms with Crippen LogP contribution >= 0.6 is 0 Å². The van der Waals surface area contributed by atoms with Crippen molar-refractivity contribution >= 4 is 21.6 Å². The number of rotatable bonds is 5. The Labute approximate surface area is 175 Å². The summed E-state index contributed by atoms with van der Waals surface area (Å²) in [7, 11) is -2.34. The number of halogens is 1. The second-order valence-corrected chi connectivity index (χ2v) is 9.25. The van der Waals surface area contributed by atoms with Crippen LogP contribution in [0.15, 0.2) is 77.7 Å². The summed E-state index contributed by atoms with van der Waals surface area (Å²) in [5.74, 6) is -0.455. The molecular formula is C23H21FN2O3S. The van der Waals surface area contributed by atoms with E-state index in [0.717, 1.165) is 11.1 Å². The number of sulfonamides is 1. The maximum atomic E-state index is 13.5. The van der Waals surface area contributed by atoms with Crippen molar-refractivity contribution in [3.63, 3.8) is 0 Å². The van der Waals surface area contributed by atoms with Gasteiger partial charge in [-0.25, -0.2) is 12.8 Å². The second kappa shape index (κ2) is 8.01. The van der Waals surface area contributed by atoms with Crippen molar-refractivity contribution in [1.82, 2.24) is 4.31 Å². The van der Waals surface area contributed by atoms with Crippen molar-refractivity contribution in [3.05, 3.63) is 95.3 Å². The number of aryl methyl sites for hydroxylation is 1. The Hall–Kier alpha value is -3.03. The number of carbonyl (C=O) groups is 1. The number of anilines is 1. The van der Waals surface area contributed by atoms with E-state index in [4.69, 9.17) is 0 Å². The van der Waals surface area contributed by atoms with Crippen molar-refractivity contribution in [1.29, 1.82) is 0 Å². The fourth-order valence-corrected chi connectivity index (χ4v) is 5.10. The van der Waals surface area contributed by atoms with E-state index in [1.807, 2.05) is 30.3 Å². The second-order valence-electron chi connectivity index (χ2n) is 7.25. The molecule has 4 rings (SSSR count). The molecule has 3 aromatic carbocycles. The number of benzene rings is 3. The summed E-state index contributed by atoms with van der Waals surface area (Å²) in [6.07, 6.45) is 0.822. The molecule has 154 valence electrons. The molecule has 0 radical (unpaired) electrons. The fourth-order valence-electron chi connectivity index (χ4n) is 3.72. The molecule has 1 heterocycles. The highest BCUT2D eigenvalue weighted by molar-refractivity contribution is 7.89. The number of fused-ring (bicyclic) bond motifs is 1. The van der Waals surface area contributed by atoms with Gasteiger partial charge in [-0.3, -0.25) is 4.79 Å². The van der Waals surface area contributed by atoms with Crippen LogP contribution in [0.5, 0.6) is 0 Å². The Kier molecular flexibility index (Phi) is 5.40. The number of nitrogens with one attached hydrogen (secondary N) is 1. The topological polar surface area (TPSA) is 66.5 Å². The molecule has 0 fully saturated rings. The van der Waals surface area contributed by atoms with Gasteiger partial charge in [0.1, 0.15) is 5.82 Å². The quantitative estimate of drug-likeness (QED) is 0.670. The first-order valence-corrected chi connectivity index (χ1v) is 11.0. The van der Waals surface area contributed by atoms with Crippen LogP contribution in [-0.4, -0.2) is 25.7 Å². The highest BCUT2D eigenvalue weighted by atomic mass is 32.2. The summed E-state index contributed by atoms with van der Waals surface area (Å²) >= 11 is 0. The molecule has 7 heteroatoms. The van der Waals surface area contributed by atoms with Crippen LogP contribution in [-0.2, 0) is 21.2 Å². The van der Waals surface area contributed by atoms with E-state index < -0.39 is 16.1 Å². The summed E-state index contributed by atoms with van der Waals surface area (Å²) in [6, 6.07) is 19.2. The van der Waals surface area contributed by atoms with Crippen molar-refractivity contribution in [2.24, 2.45) is 0 Å². The van der Waals surface area contributed by atoms with Crippen LogP contribution in [0.3, 0.4) is 0 Å². The van der Waals surface area contributed by atoms with E-state index in [-0.39, 0.29) is 16.6 Å². The highest BCUT2D eigenvalue weighted by Gasteiger charge is 2.31. The molecule has 1 unspecified atom stereocenters. The van der Waals surface area contributed by atoms with Gasteiger partial charge in [0.15, 0.2) is 0 Å². The van der Waals surface area contributed by atoms with Crippen molar-refractivity contribution in [2.45, 2.75) is 23.8 Å². The maximum absolute atomic E-state index is 13.5. The van der Waals surface area contributed by atoms with Crippen molar-refractivity contribution in [3.8, 4) is 0 Å². The van der Waals surface area contributed by atoms with E-state index in [9.17, 15) is 17.6 Å². The predicted octanol–water partition coefficient (Wildman–Crippen LogP) is 4.12. The van der Waals surface area contributed by atoms with E-state index in [0.29, 0.717) is 24.1 Å². The molecule has 1 N–H and O–H groups in total. The molecule has 1 atom stereocenters. The summed E-state index contributed by atoms with van der Waals surface area (Å²) in [5.41, 5.74) is 2.88. The zero-order valence-electron chi connectivity index (χ0n) is 16.4. The van der Waals surface area contributed by atoms with Gasteiger partial charge in [0.2, 0.25) is 15.9 Å². The first-order chi connectivity index (χ1) is 14.4. The molecule has 3 aromatic rings. The SMILES string of the molecule is CN(C(c1ccccc1)c1ccc(F)cc1)S(=O)(=O)c1ccc2c(c1)CCC(=O)N2. The number of nitrogens with zero attached hydrogens (tertiary/aromatic N) is 1. The first kappa shape index (κ1) is 20.3. The van der Waals surface area contributed by atoms with Gasteiger partial charge in [-0.15, -0.1) is 0 Å².